The van der Waals surface area contributed by atoms with Crippen molar-refractivity contribution in [1.82, 2.24) is 10.6 Å². The number of carbonyl (C=O) groups is 1. The van der Waals surface area contributed by atoms with E-state index in [0.29, 0.717) is 18.3 Å². The van der Waals surface area contributed by atoms with Crippen LogP contribution in [0.2, 0.25) is 0 Å². The predicted octanol–water partition coefficient (Wildman–Crippen LogP) is 0.570. The van der Waals surface area contributed by atoms with Crippen molar-refractivity contribution in [3.8, 4) is 0 Å². The van der Waals surface area contributed by atoms with E-state index in [1.54, 1.807) is 19.1 Å². The molecule has 94 valence electrons. The smallest absolute Gasteiger partial charge is 0.237 e. The van der Waals surface area contributed by atoms with Crippen molar-refractivity contribution in [2.45, 2.75) is 38.0 Å². The summed E-state index contributed by atoms with van der Waals surface area (Å²) in [6.45, 7) is 2.08. The van der Waals surface area contributed by atoms with Crippen molar-refractivity contribution in [3.63, 3.8) is 0 Å². The van der Waals surface area contributed by atoms with Crippen LogP contribution in [-0.4, -0.2) is 29.6 Å². The maximum atomic E-state index is 11.6. The molecule has 0 aromatic carbocycles. The molecule has 0 spiro atoms. The van der Waals surface area contributed by atoms with E-state index >= 15 is 0 Å². The molecule has 5 heteroatoms. The van der Waals surface area contributed by atoms with E-state index in [9.17, 15) is 9.90 Å². The van der Waals surface area contributed by atoms with Gasteiger partial charge < -0.3 is 20.2 Å². The molecule has 2 unspecified atom stereocenters. The minimum absolute atomic E-state index is 0.0147. The van der Waals surface area contributed by atoms with Gasteiger partial charge in [-0.1, -0.05) is 0 Å². The van der Waals surface area contributed by atoms with Crippen LogP contribution in [0, 0.1) is 0 Å². The number of furan rings is 1. The van der Waals surface area contributed by atoms with E-state index in [0.717, 1.165) is 12.8 Å². The fourth-order valence-electron chi connectivity index (χ4n) is 1.52. The second-order valence-corrected chi connectivity index (χ2v) is 4.44. The summed E-state index contributed by atoms with van der Waals surface area (Å²) in [6, 6.07) is 3.49. The van der Waals surface area contributed by atoms with Gasteiger partial charge in [0.1, 0.15) is 11.9 Å². The second kappa shape index (κ2) is 5.33. The lowest BCUT2D eigenvalue weighted by atomic mass is 10.2. The van der Waals surface area contributed by atoms with Crippen molar-refractivity contribution >= 4 is 5.91 Å². The molecule has 1 aromatic heterocycles. The topological polar surface area (TPSA) is 74.5 Å². The van der Waals surface area contributed by atoms with Gasteiger partial charge in [0.05, 0.1) is 12.3 Å². The molecule has 1 heterocycles. The molecule has 2 rings (SSSR count). The van der Waals surface area contributed by atoms with Crippen molar-refractivity contribution in [3.05, 3.63) is 24.2 Å². The zero-order valence-corrected chi connectivity index (χ0v) is 9.85. The Hall–Kier alpha value is -1.33. The number of aliphatic hydroxyl groups excluding tert-OH is 1. The molecule has 3 N–H and O–H groups in total. The van der Waals surface area contributed by atoms with Crippen LogP contribution in [0.25, 0.3) is 0 Å². The van der Waals surface area contributed by atoms with Crippen LogP contribution in [0.5, 0.6) is 0 Å². The number of aliphatic hydroxyl groups is 1. The lowest BCUT2D eigenvalue weighted by Crippen LogP contribution is -2.44. The molecule has 17 heavy (non-hydrogen) atoms. The van der Waals surface area contributed by atoms with Gasteiger partial charge >= 0.3 is 0 Å². The molecule has 0 saturated heterocycles. The number of nitrogens with one attached hydrogen (secondary N) is 2. The number of hydrogen-bond donors (Lipinski definition) is 3. The Bertz CT molecular complexity index is 360. The van der Waals surface area contributed by atoms with E-state index in [4.69, 9.17) is 4.42 Å². The fraction of sp³-hybridized carbons (Fsp3) is 0.583. The van der Waals surface area contributed by atoms with Gasteiger partial charge in [0, 0.05) is 12.6 Å². The second-order valence-electron chi connectivity index (χ2n) is 4.44. The SMILES string of the molecule is CC(NCC(O)c1ccco1)C(=O)NC1CC1. The molecule has 2 atom stereocenters. The van der Waals surface area contributed by atoms with Gasteiger partial charge in [-0.05, 0) is 31.9 Å². The summed E-state index contributed by atoms with van der Waals surface area (Å²) in [5.41, 5.74) is 0. The normalized spacial score (nSPS) is 18.7. The molecule has 5 nitrogen and oxygen atoms in total. The molecule has 0 radical (unpaired) electrons. The summed E-state index contributed by atoms with van der Waals surface area (Å²) in [6.07, 6.45) is 2.95. The summed E-state index contributed by atoms with van der Waals surface area (Å²) < 4.78 is 5.07. The Kier molecular flexibility index (Phi) is 3.81. The lowest BCUT2D eigenvalue weighted by Gasteiger charge is -2.15. The number of rotatable bonds is 6. The van der Waals surface area contributed by atoms with E-state index in [1.807, 2.05) is 0 Å². The van der Waals surface area contributed by atoms with Crippen LogP contribution in [-0.2, 0) is 4.79 Å². The van der Waals surface area contributed by atoms with Gasteiger partial charge in [-0.2, -0.15) is 0 Å². The maximum absolute atomic E-state index is 11.6. The van der Waals surface area contributed by atoms with Crippen molar-refractivity contribution < 1.29 is 14.3 Å². The average Bonchev–Trinajstić information content (AvgIpc) is 2.96. The summed E-state index contributed by atoms with van der Waals surface area (Å²) in [4.78, 5) is 11.6. The van der Waals surface area contributed by atoms with Crippen molar-refractivity contribution in [1.29, 1.82) is 0 Å². The van der Waals surface area contributed by atoms with Crippen LogP contribution < -0.4 is 10.6 Å². The number of hydrogen-bond acceptors (Lipinski definition) is 4. The molecule has 0 bridgehead atoms. The highest BCUT2D eigenvalue weighted by atomic mass is 16.4. The minimum atomic E-state index is -0.721. The Labute approximate surface area is 100 Å². The van der Waals surface area contributed by atoms with Crippen molar-refractivity contribution in [2.75, 3.05) is 6.54 Å². The third-order valence-electron chi connectivity index (χ3n) is 2.81. The van der Waals surface area contributed by atoms with E-state index in [2.05, 4.69) is 10.6 Å². The first-order chi connectivity index (χ1) is 8.16. The van der Waals surface area contributed by atoms with Gasteiger partial charge in [0.15, 0.2) is 0 Å². The first-order valence-electron chi connectivity index (χ1n) is 5.92. The van der Waals surface area contributed by atoms with Gasteiger partial charge in [0.25, 0.3) is 0 Å². The first-order valence-corrected chi connectivity index (χ1v) is 5.92. The highest BCUT2D eigenvalue weighted by Gasteiger charge is 2.25. The highest BCUT2D eigenvalue weighted by molar-refractivity contribution is 5.81. The Morgan fingerprint density at radius 3 is 3.00 bits per heavy atom. The third kappa shape index (κ3) is 3.57. The van der Waals surface area contributed by atoms with Gasteiger partial charge in [-0.3, -0.25) is 4.79 Å². The summed E-state index contributed by atoms with van der Waals surface area (Å²) in [7, 11) is 0. The van der Waals surface area contributed by atoms with Crippen LogP contribution in [0.1, 0.15) is 31.6 Å². The quantitative estimate of drug-likeness (QED) is 0.677. The predicted molar refractivity (Wildman–Crippen MR) is 62.3 cm³/mol. The highest BCUT2D eigenvalue weighted by Crippen LogP contribution is 2.18. The minimum Gasteiger partial charge on any atom is -0.467 e. The largest absolute Gasteiger partial charge is 0.467 e. The van der Waals surface area contributed by atoms with Gasteiger partial charge in [-0.15, -0.1) is 0 Å². The molecular weight excluding hydrogens is 220 g/mol. The van der Waals surface area contributed by atoms with Crippen LogP contribution in [0.15, 0.2) is 22.8 Å². The summed E-state index contributed by atoms with van der Waals surface area (Å²) in [5, 5.41) is 15.6. The molecule has 1 amide bonds. The molecule has 1 aliphatic carbocycles. The zero-order valence-electron chi connectivity index (χ0n) is 9.85. The van der Waals surface area contributed by atoms with Crippen LogP contribution >= 0.6 is 0 Å². The molecular formula is C12H18N2O3. The van der Waals surface area contributed by atoms with E-state index < -0.39 is 6.10 Å². The standard InChI is InChI=1S/C12H18N2O3/c1-8(12(16)14-9-4-5-9)13-7-10(15)11-3-2-6-17-11/h2-3,6,8-10,13,15H,4-5,7H2,1H3,(H,14,16). The van der Waals surface area contributed by atoms with Gasteiger partial charge in [-0.25, -0.2) is 0 Å². The van der Waals surface area contributed by atoms with E-state index in [1.165, 1.54) is 6.26 Å². The number of amides is 1. The van der Waals surface area contributed by atoms with Crippen LogP contribution in [0.3, 0.4) is 0 Å². The molecule has 1 fully saturated rings. The first kappa shape index (κ1) is 12.1. The zero-order chi connectivity index (χ0) is 12.3. The Morgan fingerprint density at radius 2 is 2.41 bits per heavy atom. The molecule has 1 aromatic rings. The Balaban J connectivity index is 1.71. The molecule has 0 aliphatic heterocycles. The monoisotopic (exact) mass is 238 g/mol. The Morgan fingerprint density at radius 1 is 1.65 bits per heavy atom. The van der Waals surface area contributed by atoms with Gasteiger partial charge in [0.2, 0.25) is 5.91 Å². The summed E-state index contributed by atoms with van der Waals surface area (Å²) >= 11 is 0. The van der Waals surface area contributed by atoms with E-state index in [-0.39, 0.29) is 11.9 Å². The maximum Gasteiger partial charge on any atom is 0.237 e. The average molecular weight is 238 g/mol. The summed E-state index contributed by atoms with van der Waals surface area (Å²) in [5.74, 6) is 0.492. The fourth-order valence-corrected chi connectivity index (χ4v) is 1.52. The lowest BCUT2D eigenvalue weighted by molar-refractivity contribution is -0.123. The van der Waals surface area contributed by atoms with Crippen LogP contribution in [0.4, 0.5) is 0 Å². The third-order valence-corrected chi connectivity index (χ3v) is 2.81. The molecule has 1 aliphatic rings. The van der Waals surface area contributed by atoms with Crippen molar-refractivity contribution in [2.24, 2.45) is 0 Å². The number of carbonyl (C=O) groups excluding carboxylic acids is 1. The molecule has 1 saturated carbocycles.